The summed E-state index contributed by atoms with van der Waals surface area (Å²) in [5.41, 5.74) is 5.41. The monoisotopic (exact) mass is 356 g/mol. The highest BCUT2D eigenvalue weighted by molar-refractivity contribution is 5.85. The van der Waals surface area contributed by atoms with E-state index in [0.717, 1.165) is 23.0 Å². The maximum absolute atomic E-state index is 5.45. The van der Waals surface area contributed by atoms with E-state index in [2.05, 4.69) is 58.5 Å². The van der Waals surface area contributed by atoms with Gasteiger partial charge >= 0.3 is 0 Å². The normalized spacial score (nSPS) is 10.7. The molecule has 1 aromatic heterocycles. The molecule has 0 aliphatic heterocycles. The fourth-order valence-electron chi connectivity index (χ4n) is 3.26. The molecule has 0 atom stereocenters. The van der Waals surface area contributed by atoms with Crippen molar-refractivity contribution in [2.24, 2.45) is 0 Å². The van der Waals surface area contributed by atoms with Crippen molar-refractivity contribution >= 4 is 10.9 Å². The second-order valence-electron chi connectivity index (χ2n) is 6.29. The third kappa shape index (κ3) is 3.47. The Hall–Kier alpha value is -3.40. The summed E-state index contributed by atoms with van der Waals surface area (Å²) >= 11 is 0. The molecule has 3 aromatic carbocycles. The average Bonchev–Trinajstić information content (AvgIpc) is 2.74. The number of methoxy groups -OCH3 is 2. The van der Waals surface area contributed by atoms with Gasteiger partial charge in [-0.05, 0) is 22.8 Å². The number of fused-ring (bicyclic) bond motifs is 1. The molecular weight excluding hydrogens is 336 g/mol. The Morgan fingerprint density at radius 2 is 1.48 bits per heavy atom. The van der Waals surface area contributed by atoms with E-state index in [0.29, 0.717) is 11.5 Å². The van der Waals surface area contributed by atoms with E-state index < -0.39 is 0 Å². The predicted molar refractivity (Wildman–Crippen MR) is 107 cm³/mol. The first-order valence-electron chi connectivity index (χ1n) is 8.78. The van der Waals surface area contributed by atoms with E-state index in [1.54, 1.807) is 20.5 Å². The van der Waals surface area contributed by atoms with E-state index in [-0.39, 0.29) is 0 Å². The summed E-state index contributed by atoms with van der Waals surface area (Å²) in [6, 6.07) is 22.8. The Balaban J connectivity index is 1.74. The van der Waals surface area contributed by atoms with Crippen molar-refractivity contribution in [3.05, 3.63) is 84.3 Å². The number of ether oxygens (including phenoxy) is 2. The molecule has 0 aliphatic carbocycles. The molecule has 0 unspecified atom stereocenters. The highest BCUT2D eigenvalue weighted by atomic mass is 16.5. The van der Waals surface area contributed by atoms with Crippen LogP contribution in [0.25, 0.3) is 22.0 Å². The molecule has 0 aliphatic rings. The Bertz CT molecular complexity index is 1080. The first-order chi connectivity index (χ1) is 13.3. The zero-order valence-electron chi connectivity index (χ0n) is 15.3. The van der Waals surface area contributed by atoms with Crippen molar-refractivity contribution in [3.63, 3.8) is 0 Å². The Labute approximate surface area is 158 Å². The van der Waals surface area contributed by atoms with Gasteiger partial charge in [-0.2, -0.15) is 0 Å². The lowest BCUT2D eigenvalue weighted by molar-refractivity contribution is 0.355. The number of rotatable bonds is 5. The van der Waals surface area contributed by atoms with Gasteiger partial charge in [0.1, 0.15) is 6.33 Å². The van der Waals surface area contributed by atoms with Crippen LogP contribution in [0.15, 0.2) is 73.1 Å². The molecule has 0 fully saturated rings. The molecule has 4 heteroatoms. The van der Waals surface area contributed by atoms with Gasteiger partial charge in [0.25, 0.3) is 0 Å². The summed E-state index contributed by atoms with van der Waals surface area (Å²) in [6.07, 6.45) is 2.32. The molecular formula is C23H20N2O2. The largest absolute Gasteiger partial charge is 0.493 e. The fraction of sp³-hybridized carbons (Fsp3) is 0.130. The molecule has 27 heavy (non-hydrogen) atoms. The van der Waals surface area contributed by atoms with Gasteiger partial charge < -0.3 is 9.47 Å². The topological polar surface area (TPSA) is 44.2 Å². The number of hydrogen-bond donors (Lipinski definition) is 0. The summed E-state index contributed by atoms with van der Waals surface area (Å²) in [4.78, 5) is 8.91. The van der Waals surface area contributed by atoms with Gasteiger partial charge in [-0.15, -0.1) is 0 Å². The van der Waals surface area contributed by atoms with Crippen LogP contribution in [0, 0.1) is 0 Å². The van der Waals surface area contributed by atoms with Gasteiger partial charge in [-0.25, -0.2) is 9.97 Å². The minimum atomic E-state index is 0.667. The Morgan fingerprint density at radius 3 is 2.26 bits per heavy atom. The van der Waals surface area contributed by atoms with Crippen LogP contribution in [0.4, 0.5) is 0 Å². The van der Waals surface area contributed by atoms with Crippen LogP contribution in [0.3, 0.4) is 0 Å². The standard InChI is InChI=1S/C23H20N2O2/c1-26-22-13-19-20(24-15-25-21(19)14-23(22)27-2)12-16-7-6-10-18(11-16)17-8-4-3-5-9-17/h3-11,13-15H,12H2,1-2H3. The van der Waals surface area contributed by atoms with E-state index in [1.807, 2.05) is 18.2 Å². The second-order valence-corrected chi connectivity index (χ2v) is 6.29. The van der Waals surface area contributed by atoms with Gasteiger partial charge in [0, 0.05) is 17.9 Å². The van der Waals surface area contributed by atoms with Crippen LogP contribution in [-0.2, 0) is 6.42 Å². The first-order valence-corrected chi connectivity index (χ1v) is 8.78. The molecule has 4 nitrogen and oxygen atoms in total. The molecule has 0 amide bonds. The number of benzene rings is 3. The van der Waals surface area contributed by atoms with Crippen molar-refractivity contribution in [3.8, 4) is 22.6 Å². The molecule has 4 aromatic rings. The summed E-state index contributed by atoms with van der Waals surface area (Å²) in [5, 5.41) is 0.972. The Morgan fingerprint density at radius 1 is 0.741 bits per heavy atom. The molecule has 1 heterocycles. The molecule has 4 rings (SSSR count). The zero-order chi connectivity index (χ0) is 18.6. The highest BCUT2D eigenvalue weighted by Gasteiger charge is 2.11. The van der Waals surface area contributed by atoms with Crippen molar-refractivity contribution in [2.45, 2.75) is 6.42 Å². The third-order valence-electron chi connectivity index (χ3n) is 4.63. The highest BCUT2D eigenvalue weighted by Crippen LogP contribution is 2.33. The van der Waals surface area contributed by atoms with E-state index in [1.165, 1.54) is 16.7 Å². The molecule has 0 saturated heterocycles. The van der Waals surface area contributed by atoms with Crippen LogP contribution < -0.4 is 9.47 Å². The maximum Gasteiger partial charge on any atom is 0.162 e. The minimum Gasteiger partial charge on any atom is -0.493 e. The molecule has 0 bridgehead atoms. The third-order valence-corrected chi connectivity index (χ3v) is 4.63. The predicted octanol–water partition coefficient (Wildman–Crippen LogP) is 4.90. The van der Waals surface area contributed by atoms with Crippen LogP contribution in [0.1, 0.15) is 11.3 Å². The summed E-state index contributed by atoms with van der Waals surface area (Å²) < 4.78 is 10.8. The Kier molecular flexibility index (Phi) is 4.71. The molecule has 0 radical (unpaired) electrons. The summed E-state index contributed by atoms with van der Waals surface area (Å²) in [7, 11) is 3.26. The molecule has 0 spiro atoms. The van der Waals surface area contributed by atoms with Gasteiger partial charge in [0.05, 0.1) is 25.4 Å². The van der Waals surface area contributed by atoms with Crippen molar-refractivity contribution in [1.82, 2.24) is 9.97 Å². The van der Waals surface area contributed by atoms with Gasteiger partial charge in [0.2, 0.25) is 0 Å². The van der Waals surface area contributed by atoms with Crippen molar-refractivity contribution in [2.75, 3.05) is 14.2 Å². The van der Waals surface area contributed by atoms with Crippen molar-refractivity contribution in [1.29, 1.82) is 0 Å². The lowest BCUT2D eigenvalue weighted by Crippen LogP contribution is -1.98. The number of hydrogen-bond acceptors (Lipinski definition) is 4. The smallest absolute Gasteiger partial charge is 0.162 e. The van der Waals surface area contributed by atoms with Gasteiger partial charge in [0.15, 0.2) is 11.5 Å². The quantitative estimate of drug-likeness (QED) is 0.510. The zero-order valence-corrected chi connectivity index (χ0v) is 15.3. The fourth-order valence-corrected chi connectivity index (χ4v) is 3.26. The number of nitrogens with zero attached hydrogens (tertiary/aromatic N) is 2. The van der Waals surface area contributed by atoms with E-state index in [9.17, 15) is 0 Å². The second kappa shape index (κ2) is 7.46. The number of aromatic nitrogens is 2. The van der Waals surface area contributed by atoms with Gasteiger partial charge in [-0.3, -0.25) is 0 Å². The van der Waals surface area contributed by atoms with Gasteiger partial charge in [-0.1, -0.05) is 54.6 Å². The van der Waals surface area contributed by atoms with Crippen LogP contribution in [0.5, 0.6) is 11.5 Å². The molecule has 134 valence electrons. The van der Waals surface area contributed by atoms with Crippen LogP contribution >= 0.6 is 0 Å². The lowest BCUT2D eigenvalue weighted by atomic mass is 9.99. The van der Waals surface area contributed by atoms with Crippen LogP contribution in [-0.4, -0.2) is 24.2 Å². The average molecular weight is 356 g/mol. The molecule has 0 N–H and O–H groups in total. The summed E-state index contributed by atoms with van der Waals surface area (Å²) in [5.74, 6) is 1.35. The first kappa shape index (κ1) is 17.0. The maximum atomic E-state index is 5.45. The van der Waals surface area contributed by atoms with Crippen LogP contribution in [0.2, 0.25) is 0 Å². The van der Waals surface area contributed by atoms with E-state index in [4.69, 9.17) is 9.47 Å². The minimum absolute atomic E-state index is 0.667. The SMILES string of the molecule is COc1cc2ncnc(Cc3cccc(-c4ccccc4)c3)c2cc1OC. The summed E-state index contributed by atoms with van der Waals surface area (Å²) in [6.45, 7) is 0. The van der Waals surface area contributed by atoms with Crippen molar-refractivity contribution < 1.29 is 9.47 Å². The van der Waals surface area contributed by atoms with E-state index >= 15 is 0 Å². The molecule has 0 saturated carbocycles. The lowest BCUT2D eigenvalue weighted by Gasteiger charge is -2.11.